The van der Waals surface area contributed by atoms with Gasteiger partial charge in [0.2, 0.25) is 0 Å². The van der Waals surface area contributed by atoms with Gasteiger partial charge in [-0.2, -0.15) is 26.3 Å². The van der Waals surface area contributed by atoms with Crippen molar-refractivity contribution in [3.8, 4) is 5.75 Å². The number of pyridine rings is 1. The Bertz CT molecular complexity index is 1280. The van der Waals surface area contributed by atoms with Gasteiger partial charge in [-0.3, -0.25) is 14.7 Å². The molecule has 2 aromatic carbocycles. The summed E-state index contributed by atoms with van der Waals surface area (Å²) in [6.07, 6.45) is -5.76. The number of nitrogens with zero attached hydrogens (tertiary/aromatic N) is 3. The van der Waals surface area contributed by atoms with Crippen molar-refractivity contribution in [2.45, 2.75) is 38.2 Å². The molecule has 39 heavy (non-hydrogen) atoms. The molecule has 1 N–H and O–H groups in total. The number of hydrogen-bond acceptors (Lipinski definition) is 4. The summed E-state index contributed by atoms with van der Waals surface area (Å²) in [6, 6.07) is 9.21. The Morgan fingerprint density at radius 3 is 2.26 bits per heavy atom. The van der Waals surface area contributed by atoms with Crippen LogP contribution in [0.2, 0.25) is 0 Å². The van der Waals surface area contributed by atoms with Crippen molar-refractivity contribution >= 4 is 5.91 Å². The van der Waals surface area contributed by atoms with Crippen LogP contribution in [0.5, 0.6) is 5.75 Å². The minimum Gasteiger partial charge on any atom is -0.508 e. The van der Waals surface area contributed by atoms with Crippen LogP contribution in [0.25, 0.3) is 0 Å². The first-order valence-electron chi connectivity index (χ1n) is 12.3. The number of hydrogen-bond donors (Lipinski definition) is 1. The molecule has 2 heterocycles. The van der Waals surface area contributed by atoms with Crippen LogP contribution in [0.15, 0.2) is 60.9 Å². The Labute approximate surface area is 221 Å². The van der Waals surface area contributed by atoms with Gasteiger partial charge >= 0.3 is 12.4 Å². The monoisotopic (exact) mass is 551 g/mol. The van der Waals surface area contributed by atoms with Gasteiger partial charge in [-0.1, -0.05) is 18.2 Å². The summed E-state index contributed by atoms with van der Waals surface area (Å²) in [5.74, 6) is -0.845. The smallest absolute Gasteiger partial charge is 0.416 e. The van der Waals surface area contributed by atoms with Crippen LogP contribution in [0.1, 0.15) is 38.2 Å². The Morgan fingerprint density at radius 1 is 0.974 bits per heavy atom. The fourth-order valence-electron chi connectivity index (χ4n) is 4.70. The molecule has 1 aliphatic heterocycles. The molecule has 0 spiro atoms. The van der Waals surface area contributed by atoms with Crippen molar-refractivity contribution in [2.75, 3.05) is 26.2 Å². The maximum atomic E-state index is 13.5. The molecule has 0 aliphatic carbocycles. The second-order valence-corrected chi connectivity index (χ2v) is 9.68. The van der Waals surface area contributed by atoms with Gasteiger partial charge in [0, 0.05) is 50.2 Å². The first kappa shape index (κ1) is 28.4. The Hall–Kier alpha value is -3.60. The maximum Gasteiger partial charge on any atom is 0.416 e. The van der Waals surface area contributed by atoms with Crippen molar-refractivity contribution in [3.63, 3.8) is 0 Å². The SMILES string of the molecule is Cc1ccc(CC2CN(CCc3cccnc3)CCN2C(=O)c2cc(C(F)(F)F)cc(C(F)(F)F)c2)cc1O. The fourth-order valence-corrected chi connectivity index (χ4v) is 4.70. The summed E-state index contributed by atoms with van der Waals surface area (Å²) in [7, 11) is 0. The number of alkyl halides is 6. The summed E-state index contributed by atoms with van der Waals surface area (Å²) in [5, 5.41) is 10.1. The molecule has 1 unspecified atom stereocenters. The van der Waals surface area contributed by atoms with Crippen LogP contribution in [-0.4, -0.2) is 58.0 Å². The topological polar surface area (TPSA) is 56.7 Å². The summed E-state index contributed by atoms with van der Waals surface area (Å²) in [6.45, 7) is 3.22. The number of aromatic hydroxyl groups is 1. The highest BCUT2D eigenvalue weighted by Crippen LogP contribution is 2.37. The Morgan fingerprint density at radius 2 is 1.67 bits per heavy atom. The number of aryl methyl sites for hydroxylation is 1. The molecule has 5 nitrogen and oxygen atoms in total. The standard InChI is InChI=1S/C28H27F6N3O2/c1-18-4-5-20(12-25(18)38)11-24-17-36(8-6-19-3-2-7-35-16-19)9-10-37(24)26(39)21-13-22(27(29,30)31)15-23(14-21)28(32,33)34/h2-5,7,12-16,24,38H,6,8-11,17H2,1H3. The average Bonchev–Trinajstić information content (AvgIpc) is 2.89. The Kier molecular flexibility index (Phi) is 8.20. The van der Waals surface area contributed by atoms with Crippen LogP contribution in [0.3, 0.4) is 0 Å². The average molecular weight is 552 g/mol. The largest absolute Gasteiger partial charge is 0.508 e. The zero-order chi connectivity index (χ0) is 28.4. The van der Waals surface area contributed by atoms with Gasteiger partial charge in [0.1, 0.15) is 5.75 Å². The van der Waals surface area contributed by atoms with E-state index in [0.29, 0.717) is 49.3 Å². The lowest BCUT2D eigenvalue weighted by molar-refractivity contribution is -0.143. The van der Waals surface area contributed by atoms with Crippen molar-refractivity contribution in [3.05, 3.63) is 94.3 Å². The molecule has 4 rings (SSSR count). The third-order valence-electron chi connectivity index (χ3n) is 6.85. The summed E-state index contributed by atoms with van der Waals surface area (Å²) in [4.78, 5) is 21.0. The van der Waals surface area contributed by atoms with E-state index < -0.39 is 41.0 Å². The van der Waals surface area contributed by atoms with E-state index in [-0.39, 0.29) is 24.8 Å². The first-order chi connectivity index (χ1) is 18.3. The number of aromatic nitrogens is 1. The van der Waals surface area contributed by atoms with Gasteiger partial charge in [0.15, 0.2) is 0 Å². The van der Waals surface area contributed by atoms with Crippen molar-refractivity contribution in [1.82, 2.24) is 14.8 Å². The predicted octanol–water partition coefficient (Wildman–Crippen LogP) is 5.75. The Balaban J connectivity index is 1.63. The lowest BCUT2D eigenvalue weighted by atomic mass is 9.98. The molecule has 1 aromatic heterocycles. The highest BCUT2D eigenvalue weighted by atomic mass is 19.4. The molecule has 1 aliphatic rings. The van der Waals surface area contributed by atoms with Crippen molar-refractivity contribution in [2.24, 2.45) is 0 Å². The first-order valence-corrected chi connectivity index (χ1v) is 12.3. The van der Waals surface area contributed by atoms with Gasteiger partial charge < -0.3 is 10.0 Å². The van der Waals surface area contributed by atoms with Gasteiger partial charge in [0.05, 0.1) is 11.1 Å². The van der Waals surface area contributed by atoms with E-state index in [0.717, 1.165) is 5.56 Å². The second-order valence-electron chi connectivity index (χ2n) is 9.68. The number of carbonyl (C=O) groups is 1. The molecule has 11 heteroatoms. The van der Waals surface area contributed by atoms with Crippen LogP contribution in [-0.2, 0) is 25.2 Å². The van der Waals surface area contributed by atoms with Gasteiger partial charge in [-0.25, -0.2) is 0 Å². The van der Waals surface area contributed by atoms with E-state index >= 15 is 0 Å². The lowest BCUT2D eigenvalue weighted by Gasteiger charge is -2.42. The van der Waals surface area contributed by atoms with Crippen LogP contribution in [0.4, 0.5) is 26.3 Å². The third-order valence-corrected chi connectivity index (χ3v) is 6.85. The molecule has 1 amide bonds. The number of halogens is 6. The van der Waals surface area contributed by atoms with Gasteiger partial charge in [-0.15, -0.1) is 0 Å². The fraction of sp³-hybridized carbons (Fsp3) is 0.357. The lowest BCUT2D eigenvalue weighted by Crippen LogP contribution is -2.56. The van der Waals surface area contributed by atoms with E-state index in [2.05, 4.69) is 9.88 Å². The quantitative estimate of drug-likeness (QED) is 0.397. The van der Waals surface area contributed by atoms with E-state index in [1.54, 1.807) is 37.5 Å². The minimum atomic E-state index is -5.06. The van der Waals surface area contributed by atoms with Crippen LogP contribution >= 0.6 is 0 Å². The molecule has 1 atom stereocenters. The molecule has 0 bridgehead atoms. The van der Waals surface area contributed by atoms with Crippen molar-refractivity contribution in [1.29, 1.82) is 0 Å². The van der Waals surface area contributed by atoms with E-state index in [1.165, 1.54) is 4.90 Å². The van der Waals surface area contributed by atoms with Crippen molar-refractivity contribution < 1.29 is 36.2 Å². The van der Waals surface area contributed by atoms with Crippen LogP contribution in [0, 0.1) is 6.92 Å². The number of rotatable bonds is 6. The highest BCUT2D eigenvalue weighted by molar-refractivity contribution is 5.95. The van der Waals surface area contributed by atoms with Gasteiger partial charge in [-0.05, 0) is 66.8 Å². The normalized spacial score (nSPS) is 16.9. The predicted molar refractivity (Wildman–Crippen MR) is 132 cm³/mol. The molecule has 0 saturated carbocycles. The van der Waals surface area contributed by atoms with E-state index in [1.807, 2.05) is 12.1 Å². The molecule has 1 saturated heterocycles. The molecule has 3 aromatic rings. The summed E-state index contributed by atoms with van der Waals surface area (Å²) >= 11 is 0. The minimum absolute atomic E-state index is 0.0136. The van der Waals surface area contributed by atoms with Crippen LogP contribution < -0.4 is 0 Å². The number of phenolic OH excluding ortho intramolecular Hbond substituents is 1. The maximum absolute atomic E-state index is 13.5. The molecule has 0 radical (unpaired) electrons. The molecule has 208 valence electrons. The highest BCUT2D eigenvalue weighted by Gasteiger charge is 2.39. The van der Waals surface area contributed by atoms with E-state index in [4.69, 9.17) is 0 Å². The third kappa shape index (κ3) is 7.08. The summed E-state index contributed by atoms with van der Waals surface area (Å²) < 4.78 is 80.6. The number of piperazine rings is 1. The van der Waals surface area contributed by atoms with E-state index in [9.17, 15) is 36.2 Å². The zero-order valence-electron chi connectivity index (χ0n) is 21.1. The van der Waals surface area contributed by atoms with Gasteiger partial charge in [0.25, 0.3) is 5.91 Å². The number of carbonyl (C=O) groups excluding carboxylic acids is 1. The number of benzene rings is 2. The zero-order valence-corrected chi connectivity index (χ0v) is 21.1. The second kappa shape index (κ2) is 11.3. The molecular formula is C28H27F6N3O2. The number of amides is 1. The summed E-state index contributed by atoms with van der Waals surface area (Å²) in [5.41, 5.74) is -1.38. The number of phenols is 1. The molecular weight excluding hydrogens is 524 g/mol. The molecule has 1 fully saturated rings.